The lowest BCUT2D eigenvalue weighted by molar-refractivity contribution is -0.129. The zero-order valence-corrected chi connectivity index (χ0v) is 16.1. The minimum absolute atomic E-state index is 0.170. The molecule has 9 heteroatoms. The minimum atomic E-state index is 0.170. The van der Waals surface area contributed by atoms with Crippen molar-refractivity contribution in [2.24, 2.45) is 0 Å². The van der Waals surface area contributed by atoms with E-state index in [-0.39, 0.29) is 5.91 Å². The number of rotatable bonds is 2. The molecule has 0 aliphatic carbocycles. The number of hydrogen-bond donors (Lipinski definition) is 1. The number of amides is 1. The molecule has 2 fully saturated rings. The molecule has 7 nitrogen and oxygen atoms in total. The average molecular weight is 381 g/mol. The molecule has 2 aliphatic rings. The largest absolute Gasteiger partial charge is 0.346 e. The van der Waals surface area contributed by atoms with E-state index in [0.29, 0.717) is 0 Å². The van der Waals surface area contributed by atoms with Gasteiger partial charge in [0.2, 0.25) is 5.91 Å². The molecule has 0 atom stereocenters. The van der Waals surface area contributed by atoms with Gasteiger partial charge in [-0.05, 0) is 0 Å². The summed E-state index contributed by atoms with van der Waals surface area (Å²) in [6, 6.07) is 0. The monoisotopic (exact) mass is 380 g/mol. The lowest BCUT2D eigenvalue weighted by atomic mass is 10.3. The van der Waals surface area contributed by atoms with Gasteiger partial charge in [-0.1, -0.05) is 0 Å². The molecule has 0 radical (unpaired) electrons. The van der Waals surface area contributed by atoms with Crippen molar-refractivity contribution in [1.82, 2.24) is 20.2 Å². The number of anilines is 2. The first-order chi connectivity index (χ1) is 12.2. The lowest BCUT2D eigenvalue weighted by Crippen LogP contribution is -2.48. The van der Waals surface area contributed by atoms with Crippen molar-refractivity contribution in [3.05, 3.63) is 23.2 Å². The normalized spacial score (nSPS) is 17.9. The summed E-state index contributed by atoms with van der Waals surface area (Å²) in [5, 5.41) is 9.54. The molecule has 2 saturated heterocycles. The first-order valence-corrected chi connectivity index (χ1v) is 10.2. The van der Waals surface area contributed by atoms with Crippen LogP contribution in [0.4, 0.5) is 10.3 Å². The highest BCUT2D eigenvalue weighted by Gasteiger charge is 2.19. The number of carbonyl (C=O) groups excluding carboxylic acids is 1. The Morgan fingerprint density at radius 2 is 1.44 bits per heavy atom. The van der Waals surface area contributed by atoms with Crippen LogP contribution in [0.25, 0.3) is 0 Å². The molecule has 25 heavy (non-hydrogen) atoms. The van der Waals surface area contributed by atoms with Gasteiger partial charge in [0.15, 0.2) is 10.3 Å². The Kier molecular flexibility index (Phi) is 6.60. The lowest BCUT2D eigenvalue weighted by Gasteiger charge is -2.33. The predicted octanol–water partition coefficient (Wildman–Crippen LogP) is 1.36. The fourth-order valence-electron chi connectivity index (χ4n) is 2.81. The van der Waals surface area contributed by atoms with Crippen LogP contribution in [0.3, 0.4) is 0 Å². The molecule has 0 bridgehead atoms. The second kappa shape index (κ2) is 9.12. The topological polar surface area (TPSA) is 64.6 Å². The van der Waals surface area contributed by atoms with E-state index in [4.69, 9.17) is 0 Å². The van der Waals surface area contributed by atoms with Crippen LogP contribution in [0.5, 0.6) is 0 Å². The Bertz CT molecular complexity index is 619. The Morgan fingerprint density at radius 1 is 0.920 bits per heavy atom. The van der Waals surface area contributed by atoms with E-state index in [1.165, 1.54) is 0 Å². The zero-order valence-electron chi connectivity index (χ0n) is 14.4. The summed E-state index contributed by atoms with van der Waals surface area (Å²) < 4.78 is 0. The maximum Gasteiger partial charge on any atom is 0.219 e. The molecule has 1 amide bonds. The summed E-state index contributed by atoms with van der Waals surface area (Å²) in [7, 11) is 0. The number of aromatic nitrogens is 2. The third-order valence-corrected chi connectivity index (χ3v) is 5.89. The summed E-state index contributed by atoms with van der Waals surface area (Å²) in [4.78, 5) is 26.0. The highest BCUT2D eigenvalue weighted by molar-refractivity contribution is 7.13. The molecular weight excluding hydrogens is 356 g/mol. The van der Waals surface area contributed by atoms with Gasteiger partial charge < -0.3 is 20.0 Å². The fraction of sp³-hybridized carbons (Fsp3) is 0.562. The summed E-state index contributed by atoms with van der Waals surface area (Å²) in [6.45, 7) is 9.39. The number of nitrogens with zero attached hydrogens (tertiary/aromatic N) is 5. The van der Waals surface area contributed by atoms with Gasteiger partial charge in [0.05, 0.1) is 0 Å². The average Bonchev–Trinajstić information content (AvgIpc) is 3.37. The van der Waals surface area contributed by atoms with E-state index < -0.39 is 0 Å². The van der Waals surface area contributed by atoms with Crippen molar-refractivity contribution in [2.45, 2.75) is 6.92 Å². The van der Waals surface area contributed by atoms with Gasteiger partial charge in [0, 0.05) is 82.4 Å². The van der Waals surface area contributed by atoms with E-state index in [1.54, 1.807) is 29.6 Å². The van der Waals surface area contributed by atoms with Crippen LogP contribution >= 0.6 is 22.7 Å². The third-order valence-electron chi connectivity index (χ3n) is 4.22. The van der Waals surface area contributed by atoms with Gasteiger partial charge in [0.25, 0.3) is 0 Å². The summed E-state index contributed by atoms with van der Waals surface area (Å²) in [6.07, 6.45) is 3.68. The van der Waals surface area contributed by atoms with Crippen LogP contribution in [-0.2, 0) is 4.79 Å². The highest BCUT2D eigenvalue weighted by Crippen LogP contribution is 2.19. The molecule has 0 saturated carbocycles. The summed E-state index contributed by atoms with van der Waals surface area (Å²) in [5.74, 6) is 0.170. The van der Waals surface area contributed by atoms with Crippen molar-refractivity contribution in [3.8, 4) is 0 Å². The van der Waals surface area contributed by atoms with E-state index in [9.17, 15) is 4.79 Å². The Hall–Kier alpha value is -1.71. The number of carbonyl (C=O) groups is 1. The summed E-state index contributed by atoms with van der Waals surface area (Å²) >= 11 is 3.37. The van der Waals surface area contributed by atoms with Gasteiger partial charge in [0.1, 0.15) is 0 Å². The molecule has 2 aliphatic heterocycles. The molecule has 2 aromatic heterocycles. The van der Waals surface area contributed by atoms with Crippen LogP contribution < -0.4 is 15.1 Å². The molecule has 0 aromatic carbocycles. The van der Waals surface area contributed by atoms with E-state index in [0.717, 1.165) is 62.6 Å². The van der Waals surface area contributed by atoms with Crippen molar-refractivity contribution in [2.75, 3.05) is 62.2 Å². The van der Waals surface area contributed by atoms with Gasteiger partial charge in [-0.15, -0.1) is 22.7 Å². The zero-order chi connectivity index (χ0) is 17.5. The second-order valence-electron chi connectivity index (χ2n) is 5.86. The van der Waals surface area contributed by atoms with Crippen molar-refractivity contribution in [3.63, 3.8) is 0 Å². The van der Waals surface area contributed by atoms with Crippen molar-refractivity contribution >= 4 is 38.8 Å². The SMILES string of the molecule is CC(=O)N1CCN(c2nccs2)CC1.c1csc(N2CCNCC2)n1. The second-order valence-corrected chi connectivity index (χ2v) is 7.61. The molecule has 136 valence electrons. The highest BCUT2D eigenvalue weighted by atomic mass is 32.1. The number of thiazole rings is 2. The van der Waals surface area contributed by atoms with Gasteiger partial charge >= 0.3 is 0 Å². The van der Waals surface area contributed by atoms with Crippen LogP contribution in [-0.4, -0.2) is 73.1 Å². The Balaban J connectivity index is 0.000000150. The standard InChI is InChI=1S/C9H13N3OS.C7H11N3S/c1-8(13)11-3-5-12(6-4-11)9-10-2-7-14-9;1-4-10(5-2-8-1)7-9-3-6-11-7/h2,7H,3-6H2,1H3;3,6,8H,1-2,4-5H2. The molecule has 0 spiro atoms. The Labute approximate surface area is 156 Å². The fourth-order valence-corrected chi connectivity index (χ4v) is 4.21. The predicted molar refractivity (Wildman–Crippen MR) is 104 cm³/mol. The van der Waals surface area contributed by atoms with Gasteiger partial charge in [-0.3, -0.25) is 4.79 Å². The molecular formula is C16H24N6OS2. The van der Waals surface area contributed by atoms with Gasteiger partial charge in [-0.2, -0.15) is 0 Å². The quantitative estimate of drug-likeness (QED) is 0.849. The molecule has 1 N–H and O–H groups in total. The van der Waals surface area contributed by atoms with E-state index >= 15 is 0 Å². The molecule has 0 unspecified atom stereocenters. The molecule has 4 heterocycles. The van der Waals surface area contributed by atoms with Crippen LogP contribution in [0, 0.1) is 0 Å². The van der Waals surface area contributed by atoms with Gasteiger partial charge in [-0.25, -0.2) is 9.97 Å². The number of nitrogens with one attached hydrogen (secondary N) is 1. The molecule has 2 aromatic rings. The van der Waals surface area contributed by atoms with Crippen LogP contribution in [0.2, 0.25) is 0 Å². The third kappa shape index (κ3) is 5.13. The first-order valence-electron chi connectivity index (χ1n) is 8.49. The molecule has 4 rings (SSSR count). The number of hydrogen-bond acceptors (Lipinski definition) is 8. The van der Waals surface area contributed by atoms with E-state index in [1.807, 2.05) is 28.1 Å². The Morgan fingerprint density at radius 3 is 1.88 bits per heavy atom. The van der Waals surface area contributed by atoms with Crippen molar-refractivity contribution < 1.29 is 4.79 Å². The first kappa shape index (κ1) is 18.1. The smallest absolute Gasteiger partial charge is 0.219 e. The van der Waals surface area contributed by atoms with Crippen LogP contribution in [0.15, 0.2) is 23.2 Å². The van der Waals surface area contributed by atoms with Crippen molar-refractivity contribution in [1.29, 1.82) is 0 Å². The minimum Gasteiger partial charge on any atom is -0.346 e. The maximum atomic E-state index is 11.1. The van der Waals surface area contributed by atoms with E-state index in [2.05, 4.69) is 25.1 Å². The number of piperazine rings is 2. The maximum absolute atomic E-state index is 11.1. The van der Waals surface area contributed by atoms with Crippen LogP contribution in [0.1, 0.15) is 6.92 Å². The summed E-state index contributed by atoms with van der Waals surface area (Å²) in [5.41, 5.74) is 0.